The molecule has 3 rings (SSSR count). The molecule has 0 saturated carbocycles. The lowest BCUT2D eigenvalue weighted by molar-refractivity contribution is 0.0781. The summed E-state index contributed by atoms with van der Waals surface area (Å²) in [7, 11) is 3.17. The van der Waals surface area contributed by atoms with Crippen molar-refractivity contribution in [2.75, 3.05) is 40.4 Å². The van der Waals surface area contributed by atoms with Gasteiger partial charge in [-0.15, -0.1) is 0 Å². The highest BCUT2D eigenvalue weighted by Gasteiger charge is 2.38. The van der Waals surface area contributed by atoms with Crippen LogP contribution in [-0.2, 0) is 0 Å². The van der Waals surface area contributed by atoms with Gasteiger partial charge in [-0.05, 0) is 39.9 Å². The second-order valence-corrected chi connectivity index (χ2v) is 6.38. The number of carbonyl (C=O) groups excluding carboxylic acids is 1. The Hall–Kier alpha value is -1.27. The minimum Gasteiger partial charge on any atom is -0.495 e. The van der Waals surface area contributed by atoms with Gasteiger partial charge in [-0.25, -0.2) is 0 Å². The van der Waals surface area contributed by atoms with E-state index in [-0.39, 0.29) is 5.91 Å². The number of hydrogen-bond acceptors (Lipinski definition) is 4. The maximum atomic E-state index is 12.7. The molecule has 0 aliphatic carbocycles. The Morgan fingerprint density at radius 1 is 1.19 bits per heavy atom. The van der Waals surface area contributed by atoms with Crippen LogP contribution in [0.15, 0.2) is 16.6 Å². The lowest BCUT2D eigenvalue weighted by Gasteiger charge is -2.19. The summed E-state index contributed by atoms with van der Waals surface area (Å²) in [5.74, 6) is 2.45. The predicted octanol–water partition coefficient (Wildman–Crippen LogP) is 1.76. The number of likely N-dealkylation sites (tertiary alicyclic amines) is 1. The summed E-state index contributed by atoms with van der Waals surface area (Å²) in [6, 6.07) is 3.53. The standard InChI is InChI=1S/C15H19BrN2O3/c1-20-12-3-9(4-13(21-2)14(12)16)15(19)18-7-10-5-17-6-11(10)8-18/h3-4,10-11,17H,5-8H2,1-2H3/t10-,11+. The number of benzene rings is 1. The summed E-state index contributed by atoms with van der Waals surface area (Å²) in [6.07, 6.45) is 0. The Kier molecular flexibility index (Phi) is 4.08. The van der Waals surface area contributed by atoms with Crippen molar-refractivity contribution in [3.63, 3.8) is 0 Å². The highest BCUT2D eigenvalue weighted by Crippen LogP contribution is 2.36. The van der Waals surface area contributed by atoms with Gasteiger partial charge in [0.25, 0.3) is 5.91 Å². The molecule has 2 aliphatic rings. The summed E-state index contributed by atoms with van der Waals surface area (Å²) >= 11 is 3.42. The topological polar surface area (TPSA) is 50.8 Å². The van der Waals surface area contributed by atoms with E-state index in [1.165, 1.54) is 0 Å². The molecular formula is C15H19BrN2O3. The number of ether oxygens (including phenoxy) is 2. The third-order valence-electron chi connectivity index (χ3n) is 4.37. The number of hydrogen-bond donors (Lipinski definition) is 1. The summed E-state index contributed by atoms with van der Waals surface area (Å²) in [5.41, 5.74) is 0.611. The van der Waals surface area contributed by atoms with Crippen LogP contribution in [0.4, 0.5) is 0 Å². The Morgan fingerprint density at radius 3 is 2.19 bits per heavy atom. The fraction of sp³-hybridized carbons (Fsp3) is 0.533. The minimum absolute atomic E-state index is 0.0495. The summed E-state index contributed by atoms with van der Waals surface area (Å²) < 4.78 is 11.3. The minimum atomic E-state index is 0.0495. The first kappa shape index (κ1) is 14.7. The van der Waals surface area contributed by atoms with Crippen LogP contribution in [0, 0.1) is 11.8 Å². The van der Waals surface area contributed by atoms with Gasteiger partial charge in [0, 0.05) is 31.7 Å². The zero-order valence-electron chi connectivity index (χ0n) is 12.2. The second-order valence-electron chi connectivity index (χ2n) is 5.58. The van der Waals surface area contributed by atoms with E-state index in [2.05, 4.69) is 21.2 Å². The molecule has 114 valence electrons. The fourth-order valence-electron chi connectivity index (χ4n) is 3.20. The molecule has 0 unspecified atom stereocenters. The molecule has 1 N–H and O–H groups in total. The van der Waals surface area contributed by atoms with Gasteiger partial charge in [-0.1, -0.05) is 0 Å². The van der Waals surface area contributed by atoms with Crippen molar-refractivity contribution in [3.05, 3.63) is 22.2 Å². The van der Waals surface area contributed by atoms with Gasteiger partial charge in [-0.3, -0.25) is 4.79 Å². The fourth-order valence-corrected chi connectivity index (χ4v) is 3.75. The summed E-state index contributed by atoms with van der Waals surface area (Å²) in [4.78, 5) is 14.6. The predicted molar refractivity (Wildman–Crippen MR) is 83.0 cm³/mol. The van der Waals surface area contributed by atoms with E-state index in [0.29, 0.717) is 28.9 Å². The lowest BCUT2D eigenvalue weighted by Crippen LogP contribution is -2.31. The smallest absolute Gasteiger partial charge is 0.254 e. The zero-order valence-corrected chi connectivity index (χ0v) is 13.8. The number of fused-ring (bicyclic) bond motifs is 1. The first-order valence-electron chi connectivity index (χ1n) is 7.05. The maximum absolute atomic E-state index is 12.7. The molecule has 6 heteroatoms. The SMILES string of the molecule is COc1cc(C(=O)N2C[C@H]3CNC[C@H]3C2)cc(OC)c1Br. The van der Waals surface area contributed by atoms with Gasteiger partial charge >= 0.3 is 0 Å². The highest BCUT2D eigenvalue weighted by molar-refractivity contribution is 9.10. The number of rotatable bonds is 3. The number of methoxy groups -OCH3 is 2. The molecule has 1 aromatic rings. The van der Waals surface area contributed by atoms with Crippen LogP contribution in [0.25, 0.3) is 0 Å². The van der Waals surface area contributed by atoms with Gasteiger partial charge in [0.1, 0.15) is 16.0 Å². The van der Waals surface area contributed by atoms with Gasteiger partial charge < -0.3 is 19.7 Å². The van der Waals surface area contributed by atoms with E-state index < -0.39 is 0 Å². The molecule has 2 atom stereocenters. The van der Waals surface area contributed by atoms with Gasteiger partial charge in [0.15, 0.2) is 0 Å². The summed E-state index contributed by atoms with van der Waals surface area (Å²) in [5, 5.41) is 3.38. The van der Waals surface area contributed by atoms with Crippen molar-refractivity contribution in [1.82, 2.24) is 10.2 Å². The van der Waals surface area contributed by atoms with E-state index in [4.69, 9.17) is 9.47 Å². The third kappa shape index (κ3) is 2.62. The van der Waals surface area contributed by atoms with Crippen LogP contribution < -0.4 is 14.8 Å². The van der Waals surface area contributed by atoms with Crippen molar-refractivity contribution in [2.24, 2.45) is 11.8 Å². The molecule has 5 nitrogen and oxygen atoms in total. The van der Waals surface area contributed by atoms with E-state index in [1.807, 2.05) is 4.90 Å². The molecule has 0 aromatic heterocycles. The van der Waals surface area contributed by atoms with E-state index in [9.17, 15) is 4.79 Å². The third-order valence-corrected chi connectivity index (χ3v) is 5.15. The first-order valence-corrected chi connectivity index (χ1v) is 7.85. The molecule has 1 amide bonds. The molecule has 21 heavy (non-hydrogen) atoms. The highest BCUT2D eigenvalue weighted by atomic mass is 79.9. The molecule has 0 spiro atoms. The lowest BCUT2D eigenvalue weighted by atomic mass is 10.0. The first-order chi connectivity index (χ1) is 10.1. The average molecular weight is 355 g/mol. The van der Waals surface area contributed by atoms with Crippen molar-refractivity contribution in [3.8, 4) is 11.5 Å². The summed E-state index contributed by atoms with van der Waals surface area (Å²) in [6.45, 7) is 3.69. The van der Waals surface area contributed by atoms with Crippen LogP contribution >= 0.6 is 15.9 Å². The van der Waals surface area contributed by atoms with Crippen LogP contribution in [0.1, 0.15) is 10.4 Å². The number of halogens is 1. The molecule has 2 heterocycles. The van der Waals surface area contributed by atoms with E-state index in [1.54, 1.807) is 26.4 Å². The van der Waals surface area contributed by atoms with Crippen molar-refractivity contribution in [2.45, 2.75) is 0 Å². The zero-order chi connectivity index (χ0) is 15.0. The Balaban J connectivity index is 1.84. The van der Waals surface area contributed by atoms with E-state index >= 15 is 0 Å². The monoisotopic (exact) mass is 354 g/mol. The van der Waals surface area contributed by atoms with Crippen molar-refractivity contribution in [1.29, 1.82) is 0 Å². The second kappa shape index (κ2) is 5.85. The number of nitrogens with one attached hydrogen (secondary N) is 1. The number of amides is 1. The van der Waals surface area contributed by atoms with Crippen LogP contribution in [0.5, 0.6) is 11.5 Å². The molecule has 2 fully saturated rings. The number of carbonyl (C=O) groups is 1. The Bertz CT molecular complexity index is 527. The van der Waals surface area contributed by atoms with Crippen LogP contribution in [0.3, 0.4) is 0 Å². The van der Waals surface area contributed by atoms with E-state index in [0.717, 1.165) is 30.7 Å². The Labute approximate surface area is 132 Å². The Morgan fingerprint density at radius 2 is 1.71 bits per heavy atom. The van der Waals surface area contributed by atoms with Crippen molar-refractivity contribution >= 4 is 21.8 Å². The van der Waals surface area contributed by atoms with Gasteiger partial charge in [0.05, 0.1) is 14.2 Å². The largest absolute Gasteiger partial charge is 0.495 e. The average Bonchev–Trinajstić information content (AvgIpc) is 3.08. The molecule has 1 aromatic carbocycles. The molecule has 2 saturated heterocycles. The molecular weight excluding hydrogens is 336 g/mol. The van der Waals surface area contributed by atoms with Gasteiger partial charge in [0.2, 0.25) is 0 Å². The molecule has 0 bridgehead atoms. The van der Waals surface area contributed by atoms with Gasteiger partial charge in [-0.2, -0.15) is 0 Å². The molecule has 0 radical (unpaired) electrons. The number of nitrogens with zero attached hydrogens (tertiary/aromatic N) is 1. The normalized spacial score (nSPS) is 24.0. The van der Waals surface area contributed by atoms with Crippen LogP contribution in [0.2, 0.25) is 0 Å². The maximum Gasteiger partial charge on any atom is 0.254 e. The van der Waals surface area contributed by atoms with Crippen molar-refractivity contribution < 1.29 is 14.3 Å². The van der Waals surface area contributed by atoms with Crippen LogP contribution in [-0.4, -0.2) is 51.2 Å². The quantitative estimate of drug-likeness (QED) is 0.898. The molecule has 2 aliphatic heterocycles.